The number of halogens is 2. The maximum absolute atomic E-state index is 13.2. The molecule has 1 heterocycles. The number of aromatic nitrogens is 2. The molecule has 0 aliphatic heterocycles. The van der Waals surface area contributed by atoms with Gasteiger partial charge in [0.05, 0.1) is 0 Å². The van der Waals surface area contributed by atoms with E-state index in [0.717, 1.165) is 0 Å². The van der Waals surface area contributed by atoms with Crippen molar-refractivity contribution >= 4 is 11.6 Å². The van der Waals surface area contributed by atoms with Crippen LogP contribution < -0.4 is 11.3 Å². The summed E-state index contributed by atoms with van der Waals surface area (Å²) >= 11 is 6.04. The van der Waals surface area contributed by atoms with Crippen LogP contribution in [0.25, 0.3) is 0 Å². The van der Waals surface area contributed by atoms with E-state index in [1.165, 1.54) is 18.2 Å². The van der Waals surface area contributed by atoms with Crippen LogP contribution in [0.2, 0.25) is 5.02 Å². The first kappa shape index (κ1) is 12.0. The number of rotatable bonds is 3. The summed E-state index contributed by atoms with van der Waals surface area (Å²) in [7, 11) is 1.83. The summed E-state index contributed by atoms with van der Waals surface area (Å²) in [5.41, 5.74) is 3.15. The van der Waals surface area contributed by atoms with Gasteiger partial charge in [0.2, 0.25) is 0 Å². The van der Waals surface area contributed by atoms with E-state index in [1.54, 1.807) is 17.0 Å². The van der Waals surface area contributed by atoms with E-state index in [9.17, 15) is 4.39 Å². The third-order valence-corrected chi connectivity index (χ3v) is 2.90. The minimum Gasteiger partial charge on any atom is -0.336 e. The molecule has 2 aromatic rings. The second-order valence-corrected chi connectivity index (χ2v) is 4.07. The van der Waals surface area contributed by atoms with Gasteiger partial charge < -0.3 is 4.57 Å². The minimum absolute atomic E-state index is 0.362. The predicted octanol–water partition coefficient (Wildman–Crippen LogP) is 1.77. The first-order valence-electron chi connectivity index (χ1n) is 5.01. The fourth-order valence-corrected chi connectivity index (χ4v) is 1.92. The first-order chi connectivity index (χ1) is 8.13. The van der Waals surface area contributed by atoms with E-state index in [-0.39, 0.29) is 5.82 Å². The van der Waals surface area contributed by atoms with Gasteiger partial charge in [-0.15, -0.1) is 0 Å². The minimum atomic E-state index is -0.446. The van der Waals surface area contributed by atoms with E-state index in [0.29, 0.717) is 16.4 Å². The van der Waals surface area contributed by atoms with E-state index >= 15 is 0 Å². The van der Waals surface area contributed by atoms with Crippen LogP contribution in [-0.2, 0) is 7.05 Å². The Morgan fingerprint density at radius 1 is 1.53 bits per heavy atom. The van der Waals surface area contributed by atoms with Crippen molar-refractivity contribution in [2.24, 2.45) is 12.9 Å². The zero-order valence-corrected chi connectivity index (χ0v) is 9.95. The highest BCUT2D eigenvalue weighted by molar-refractivity contribution is 6.31. The lowest BCUT2D eigenvalue weighted by atomic mass is 10.1. The molecule has 0 amide bonds. The molecule has 0 aliphatic rings. The van der Waals surface area contributed by atoms with Crippen LogP contribution >= 0.6 is 11.6 Å². The molecule has 0 saturated carbocycles. The van der Waals surface area contributed by atoms with Crippen molar-refractivity contribution in [2.45, 2.75) is 6.04 Å². The summed E-state index contributed by atoms with van der Waals surface area (Å²) in [6.45, 7) is 0. The standard InChI is InChI=1S/C11H12ClFN4/c1-17-5-4-15-11(17)10(16-14)8-6-7(13)2-3-9(8)12/h2-6,10,16H,14H2,1H3. The molecule has 1 atom stereocenters. The Kier molecular flexibility index (Phi) is 3.42. The molecule has 90 valence electrons. The molecular formula is C11H12ClFN4. The second-order valence-electron chi connectivity index (χ2n) is 3.66. The molecule has 3 N–H and O–H groups in total. The highest BCUT2D eigenvalue weighted by Gasteiger charge is 2.19. The van der Waals surface area contributed by atoms with Crippen LogP contribution in [0.15, 0.2) is 30.6 Å². The summed E-state index contributed by atoms with van der Waals surface area (Å²) in [5, 5.41) is 0.442. The largest absolute Gasteiger partial charge is 0.336 e. The fraction of sp³-hybridized carbons (Fsp3) is 0.182. The van der Waals surface area contributed by atoms with Crippen molar-refractivity contribution in [3.8, 4) is 0 Å². The Balaban J connectivity index is 2.49. The van der Waals surface area contributed by atoms with Crippen LogP contribution in [0, 0.1) is 5.82 Å². The molecule has 0 fully saturated rings. The maximum atomic E-state index is 13.2. The lowest BCUT2D eigenvalue weighted by Crippen LogP contribution is -2.31. The van der Waals surface area contributed by atoms with Gasteiger partial charge in [-0.05, 0) is 23.8 Å². The summed E-state index contributed by atoms with van der Waals surface area (Å²) < 4.78 is 15.0. The zero-order chi connectivity index (χ0) is 12.4. The third-order valence-electron chi connectivity index (χ3n) is 2.55. The highest BCUT2D eigenvalue weighted by atomic mass is 35.5. The number of nitrogens with two attached hydrogens (primary N) is 1. The topological polar surface area (TPSA) is 55.9 Å². The average Bonchev–Trinajstić information content (AvgIpc) is 2.71. The number of nitrogens with zero attached hydrogens (tertiary/aromatic N) is 2. The van der Waals surface area contributed by atoms with Gasteiger partial charge in [0.25, 0.3) is 0 Å². The number of benzene rings is 1. The molecule has 0 spiro atoms. The normalized spacial score (nSPS) is 12.7. The second kappa shape index (κ2) is 4.83. The summed E-state index contributed by atoms with van der Waals surface area (Å²) in [4.78, 5) is 4.17. The molecule has 17 heavy (non-hydrogen) atoms. The van der Waals surface area contributed by atoms with Gasteiger partial charge in [-0.2, -0.15) is 0 Å². The number of hydrazine groups is 1. The molecule has 0 bridgehead atoms. The van der Waals surface area contributed by atoms with E-state index < -0.39 is 6.04 Å². The lowest BCUT2D eigenvalue weighted by Gasteiger charge is -2.17. The molecule has 0 radical (unpaired) electrons. The number of hydrogen-bond donors (Lipinski definition) is 2. The smallest absolute Gasteiger partial charge is 0.131 e. The van der Waals surface area contributed by atoms with E-state index in [2.05, 4.69) is 10.4 Å². The molecule has 0 saturated heterocycles. The molecular weight excluding hydrogens is 243 g/mol. The van der Waals surface area contributed by atoms with Gasteiger partial charge in [-0.25, -0.2) is 14.8 Å². The quantitative estimate of drug-likeness (QED) is 0.648. The summed E-state index contributed by atoms with van der Waals surface area (Å²) in [6.07, 6.45) is 3.43. The van der Waals surface area contributed by atoms with E-state index in [4.69, 9.17) is 17.4 Å². The molecule has 1 unspecified atom stereocenters. The Morgan fingerprint density at radius 3 is 2.88 bits per heavy atom. The predicted molar refractivity (Wildman–Crippen MR) is 63.8 cm³/mol. The first-order valence-corrected chi connectivity index (χ1v) is 5.39. The van der Waals surface area contributed by atoms with Gasteiger partial charge in [0.1, 0.15) is 17.7 Å². The third kappa shape index (κ3) is 2.31. The SMILES string of the molecule is Cn1ccnc1C(NN)c1cc(F)ccc1Cl. The van der Waals surface area contributed by atoms with Crippen LogP contribution in [0.4, 0.5) is 4.39 Å². The number of nitrogens with one attached hydrogen (secondary N) is 1. The van der Waals surface area contributed by atoms with Gasteiger partial charge in [0.15, 0.2) is 0 Å². The Labute approximate surface area is 103 Å². The Bertz CT molecular complexity index is 526. The Hall–Kier alpha value is -1.43. The van der Waals surface area contributed by atoms with Crippen LogP contribution in [-0.4, -0.2) is 9.55 Å². The summed E-state index contributed by atoms with van der Waals surface area (Å²) in [5.74, 6) is 5.80. The van der Waals surface area contributed by atoms with Crippen molar-refractivity contribution in [1.82, 2.24) is 15.0 Å². The van der Waals surface area contributed by atoms with Crippen LogP contribution in [0.5, 0.6) is 0 Å². The Morgan fingerprint density at radius 2 is 2.29 bits per heavy atom. The van der Waals surface area contributed by atoms with Gasteiger partial charge in [-0.3, -0.25) is 5.84 Å². The number of imidazole rings is 1. The molecule has 4 nitrogen and oxygen atoms in total. The van der Waals surface area contributed by atoms with Crippen molar-refractivity contribution < 1.29 is 4.39 Å². The number of aryl methyl sites for hydroxylation is 1. The van der Waals surface area contributed by atoms with Gasteiger partial charge >= 0.3 is 0 Å². The van der Waals surface area contributed by atoms with E-state index in [1.807, 2.05) is 7.05 Å². The summed E-state index contributed by atoms with van der Waals surface area (Å²) in [6, 6.07) is 3.71. The zero-order valence-electron chi connectivity index (χ0n) is 9.19. The maximum Gasteiger partial charge on any atom is 0.131 e. The average molecular weight is 255 g/mol. The van der Waals surface area contributed by atoms with Crippen LogP contribution in [0.1, 0.15) is 17.4 Å². The van der Waals surface area contributed by atoms with Gasteiger partial charge in [0, 0.05) is 24.5 Å². The van der Waals surface area contributed by atoms with Crippen molar-refractivity contribution in [2.75, 3.05) is 0 Å². The lowest BCUT2D eigenvalue weighted by molar-refractivity contribution is 0.570. The highest BCUT2D eigenvalue weighted by Crippen LogP contribution is 2.27. The monoisotopic (exact) mass is 254 g/mol. The molecule has 2 rings (SSSR count). The van der Waals surface area contributed by atoms with Crippen molar-refractivity contribution in [3.63, 3.8) is 0 Å². The van der Waals surface area contributed by atoms with Crippen LogP contribution in [0.3, 0.4) is 0 Å². The van der Waals surface area contributed by atoms with Crippen molar-refractivity contribution in [1.29, 1.82) is 0 Å². The molecule has 0 aliphatic carbocycles. The molecule has 1 aromatic carbocycles. The van der Waals surface area contributed by atoms with Crippen molar-refractivity contribution in [3.05, 3.63) is 52.8 Å². The molecule has 6 heteroatoms. The fourth-order valence-electron chi connectivity index (χ4n) is 1.69. The van der Waals surface area contributed by atoms with Gasteiger partial charge in [-0.1, -0.05) is 11.6 Å². The molecule has 1 aromatic heterocycles. The number of hydrogen-bond acceptors (Lipinski definition) is 3.